The average molecular weight is 373 g/mol. The van der Waals surface area contributed by atoms with Crippen LogP contribution in [-0.4, -0.2) is 67.2 Å². The molecule has 0 aliphatic carbocycles. The van der Waals surface area contributed by atoms with Crippen LogP contribution in [0.4, 0.5) is 4.79 Å². The van der Waals surface area contributed by atoms with E-state index in [1.807, 2.05) is 0 Å². The highest BCUT2D eigenvalue weighted by atomic mass is 16.5. The average Bonchev–Trinajstić information content (AvgIpc) is 3.23. The molecular weight excluding hydrogens is 346 g/mol. The minimum absolute atomic E-state index is 0.109. The second-order valence-electron chi connectivity index (χ2n) is 7.64. The van der Waals surface area contributed by atoms with Gasteiger partial charge in [0, 0.05) is 32.7 Å². The van der Waals surface area contributed by atoms with Gasteiger partial charge in [0.15, 0.2) is 0 Å². The lowest BCUT2D eigenvalue weighted by molar-refractivity contribution is -0.133. The molecule has 1 aromatic carbocycles. The lowest BCUT2D eigenvalue weighted by Gasteiger charge is -2.40. The fraction of sp³-hybridized carbons (Fsp3) is 0.600. The van der Waals surface area contributed by atoms with Gasteiger partial charge in [0.05, 0.1) is 19.8 Å². The third-order valence-electron chi connectivity index (χ3n) is 6.17. The van der Waals surface area contributed by atoms with Crippen LogP contribution in [0.3, 0.4) is 0 Å². The smallest absolute Gasteiger partial charge is 0.325 e. The summed E-state index contributed by atoms with van der Waals surface area (Å²) >= 11 is 0. The fourth-order valence-corrected chi connectivity index (χ4v) is 4.35. The Morgan fingerprint density at radius 2 is 2.07 bits per heavy atom. The molecule has 27 heavy (non-hydrogen) atoms. The van der Waals surface area contributed by atoms with E-state index in [9.17, 15) is 9.59 Å². The first-order valence-electron chi connectivity index (χ1n) is 9.67. The summed E-state index contributed by atoms with van der Waals surface area (Å²) < 4.78 is 10.7. The van der Waals surface area contributed by atoms with E-state index >= 15 is 0 Å². The Labute approximate surface area is 159 Å². The molecule has 2 saturated heterocycles. The SMILES string of the molecule is COCCN1C(=O)NC2(CCN([C@@H](C)c3ccc4c(c3)OCC4)CC2)C1=O. The number of piperidine rings is 1. The maximum Gasteiger partial charge on any atom is 0.325 e. The summed E-state index contributed by atoms with van der Waals surface area (Å²) in [6.07, 6.45) is 2.25. The molecule has 3 aliphatic rings. The van der Waals surface area contributed by atoms with E-state index < -0.39 is 5.54 Å². The third kappa shape index (κ3) is 3.19. The van der Waals surface area contributed by atoms with E-state index in [2.05, 4.69) is 35.3 Å². The lowest BCUT2D eigenvalue weighted by Crippen LogP contribution is -2.55. The topological polar surface area (TPSA) is 71.1 Å². The third-order valence-corrected chi connectivity index (χ3v) is 6.17. The largest absolute Gasteiger partial charge is 0.493 e. The maximum absolute atomic E-state index is 12.8. The number of likely N-dealkylation sites (tertiary alicyclic amines) is 1. The van der Waals surface area contributed by atoms with Crippen LogP contribution in [0.5, 0.6) is 5.75 Å². The van der Waals surface area contributed by atoms with Gasteiger partial charge in [-0.05, 0) is 37.0 Å². The van der Waals surface area contributed by atoms with Gasteiger partial charge in [-0.15, -0.1) is 0 Å². The second kappa shape index (κ2) is 7.13. The molecule has 0 unspecified atom stereocenters. The molecule has 0 bridgehead atoms. The van der Waals surface area contributed by atoms with Crippen molar-refractivity contribution in [3.05, 3.63) is 29.3 Å². The van der Waals surface area contributed by atoms with E-state index in [4.69, 9.17) is 9.47 Å². The number of urea groups is 1. The number of nitrogens with one attached hydrogen (secondary N) is 1. The molecule has 0 saturated carbocycles. The van der Waals surface area contributed by atoms with E-state index in [0.717, 1.165) is 31.9 Å². The van der Waals surface area contributed by atoms with Gasteiger partial charge in [0.25, 0.3) is 5.91 Å². The summed E-state index contributed by atoms with van der Waals surface area (Å²) in [7, 11) is 1.57. The molecular formula is C20H27N3O4. The number of hydrogen-bond acceptors (Lipinski definition) is 5. The van der Waals surface area contributed by atoms with Crippen molar-refractivity contribution < 1.29 is 19.1 Å². The van der Waals surface area contributed by atoms with Crippen LogP contribution >= 0.6 is 0 Å². The zero-order valence-corrected chi connectivity index (χ0v) is 16.0. The Hall–Kier alpha value is -2.12. The molecule has 3 amide bonds. The van der Waals surface area contributed by atoms with Crippen molar-refractivity contribution in [3.8, 4) is 5.75 Å². The monoisotopic (exact) mass is 373 g/mol. The molecule has 0 aromatic heterocycles. The van der Waals surface area contributed by atoms with Crippen LogP contribution in [0.25, 0.3) is 0 Å². The number of nitrogens with zero attached hydrogens (tertiary/aromatic N) is 2. The first kappa shape index (κ1) is 18.3. The lowest BCUT2D eigenvalue weighted by atomic mass is 9.86. The number of ether oxygens (including phenoxy) is 2. The molecule has 1 N–H and O–H groups in total. The van der Waals surface area contributed by atoms with Gasteiger partial charge in [-0.25, -0.2) is 4.79 Å². The molecule has 7 nitrogen and oxygen atoms in total. The van der Waals surface area contributed by atoms with E-state index in [-0.39, 0.29) is 18.0 Å². The van der Waals surface area contributed by atoms with Gasteiger partial charge in [-0.1, -0.05) is 12.1 Å². The molecule has 0 radical (unpaired) electrons. The molecule has 4 rings (SSSR count). The number of imide groups is 1. The first-order chi connectivity index (χ1) is 13.0. The Bertz CT molecular complexity index is 743. The van der Waals surface area contributed by atoms with E-state index in [0.29, 0.717) is 26.0 Å². The highest BCUT2D eigenvalue weighted by Gasteiger charge is 2.52. The molecule has 2 fully saturated rings. The number of carbonyl (C=O) groups excluding carboxylic acids is 2. The number of methoxy groups -OCH3 is 1. The summed E-state index contributed by atoms with van der Waals surface area (Å²) in [5.74, 6) is 0.891. The van der Waals surface area contributed by atoms with Crippen molar-refractivity contribution in [1.29, 1.82) is 0 Å². The quantitative estimate of drug-likeness (QED) is 0.796. The Morgan fingerprint density at radius 3 is 2.81 bits per heavy atom. The molecule has 1 aromatic rings. The van der Waals surface area contributed by atoms with E-state index in [1.54, 1.807) is 7.11 Å². The number of fused-ring (bicyclic) bond motifs is 1. The highest BCUT2D eigenvalue weighted by Crippen LogP contribution is 2.35. The summed E-state index contributed by atoms with van der Waals surface area (Å²) in [6, 6.07) is 6.43. The minimum atomic E-state index is -0.748. The first-order valence-corrected chi connectivity index (χ1v) is 9.67. The second-order valence-corrected chi connectivity index (χ2v) is 7.64. The van der Waals surface area contributed by atoms with Gasteiger partial charge in [-0.2, -0.15) is 0 Å². The van der Waals surface area contributed by atoms with Crippen LogP contribution in [0.1, 0.15) is 36.9 Å². The van der Waals surface area contributed by atoms with Crippen molar-refractivity contribution >= 4 is 11.9 Å². The number of benzene rings is 1. The van der Waals surface area contributed by atoms with E-state index in [1.165, 1.54) is 16.0 Å². The number of rotatable bonds is 5. The minimum Gasteiger partial charge on any atom is -0.493 e. The molecule has 146 valence electrons. The number of amides is 3. The summed E-state index contributed by atoms with van der Waals surface area (Å²) in [5.41, 5.74) is 1.76. The summed E-state index contributed by atoms with van der Waals surface area (Å²) in [5, 5.41) is 2.95. The van der Waals surface area contributed by atoms with Gasteiger partial charge >= 0.3 is 6.03 Å². The predicted octanol–water partition coefficient (Wildman–Crippen LogP) is 1.72. The molecule has 3 heterocycles. The normalized spacial score (nSPS) is 22.7. The van der Waals surface area contributed by atoms with Crippen molar-refractivity contribution in [2.75, 3.05) is 40.0 Å². The Kier molecular flexibility index (Phi) is 4.82. The van der Waals surface area contributed by atoms with Crippen LogP contribution < -0.4 is 10.1 Å². The van der Waals surface area contributed by atoms with Gasteiger partial charge in [-0.3, -0.25) is 14.6 Å². The van der Waals surface area contributed by atoms with Gasteiger partial charge < -0.3 is 14.8 Å². The zero-order chi connectivity index (χ0) is 19.0. The van der Waals surface area contributed by atoms with Crippen molar-refractivity contribution in [2.24, 2.45) is 0 Å². The molecule has 1 atom stereocenters. The van der Waals surface area contributed by atoms with Crippen molar-refractivity contribution in [1.82, 2.24) is 15.1 Å². The fourth-order valence-electron chi connectivity index (χ4n) is 4.35. The Morgan fingerprint density at radius 1 is 1.30 bits per heavy atom. The summed E-state index contributed by atoms with van der Waals surface area (Å²) in [6.45, 7) is 5.15. The molecule has 1 spiro atoms. The summed E-state index contributed by atoms with van der Waals surface area (Å²) in [4.78, 5) is 28.7. The molecule has 7 heteroatoms. The van der Waals surface area contributed by atoms with Crippen LogP contribution in [0.2, 0.25) is 0 Å². The number of hydrogen-bond donors (Lipinski definition) is 1. The maximum atomic E-state index is 12.8. The standard InChI is InChI=1S/C20H27N3O4/c1-14(16-4-3-15-5-11-27-17(15)13-16)22-8-6-20(7-9-22)18(24)23(10-12-26-2)19(25)21-20/h3-4,13-14H,5-12H2,1-2H3,(H,21,25)/t14-/m0/s1. The van der Waals surface area contributed by atoms with Crippen LogP contribution in [-0.2, 0) is 16.0 Å². The van der Waals surface area contributed by atoms with Crippen molar-refractivity contribution in [2.45, 2.75) is 37.8 Å². The predicted molar refractivity (Wildman–Crippen MR) is 99.7 cm³/mol. The van der Waals surface area contributed by atoms with Gasteiger partial charge in [0.1, 0.15) is 11.3 Å². The Balaban J connectivity index is 1.41. The highest BCUT2D eigenvalue weighted by molar-refractivity contribution is 6.07. The zero-order valence-electron chi connectivity index (χ0n) is 16.0. The van der Waals surface area contributed by atoms with Crippen LogP contribution in [0.15, 0.2) is 18.2 Å². The van der Waals surface area contributed by atoms with Gasteiger partial charge in [0.2, 0.25) is 0 Å². The molecule has 3 aliphatic heterocycles. The number of carbonyl (C=O) groups is 2. The van der Waals surface area contributed by atoms with Crippen molar-refractivity contribution in [3.63, 3.8) is 0 Å². The van der Waals surface area contributed by atoms with Crippen LogP contribution in [0, 0.1) is 0 Å².